The van der Waals surface area contributed by atoms with E-state index in [0.717, 1.165) is 31.6 Å². The Balaban J connectivity index is 0.00000338. The molecule has 1 aromatic rings. The summed E-state index contributed by atoms with van der Waals surface area (Å²) < 4.78 is 0. The highest BCUT2D eigenvalue weighted by Gasteiger charge is 2.23. The highest BCUT2D eigenvalue weighted by Crippen LogP contribution is 2.16. The molecule has 0 bridgehead atoms. The zero-order chi connectivity index (χ0) is 18.1. The van der Waals surface area contributed by atoms with Crippen LogP contribution in [0.1, 0.15) is 24.8 Å². The monoisotopic (exact) mass is 382 g/mol. The fourth-order valence-electron chi connectivity index (χ4n) is 3.25. The first kappa shape index (κ1) is 22.3. The number of carbonyl (C=O) groups excluding carboxylic acids is 2. The molecule has 2 rings (SSSR count). The molecule has 7 heteroatoms. The van der Waals surface area contributed by atoms with Gasteiger partial charge in [-0.2, -0.15) is 0 Å². The summed E-state index contributed by atoms with van der Waals surface area (Å²) in [5.41, 5.74) is 1.08. The zero-order valence-electron chi connectivity index (χ0n) is 15.7. The van der Waals surface area contributed by atoms with Crippen molar-refractivity contribution in [2.24, 2.45) is 5.92 Å². The van der Waals surface area contributed by atoms with Gasteiger partial charge in [-0.25, -0.2) is 4.79 Å². The SMILES string of the molecule is CNCC1CCCN(C(=O)CCNC(=O)N(C)Cc2ccccc2)C1.Cl. The number of rotatable bonds is 7. The molecule has 1 heterocycles. The minimum atomic E-state index is -0.150. The lowest BCUT2D eigenvalue weighted by Gasteiger charge is -2.33. The highest BCUT2D eigenvalue weighted by molar-refractivity contribution is 5.85. The minimum absolute atomic E-state index is 0. The summed E-state index contributed by atoms with van der Waals surface area (Å²) in [6, 6.07) is 9.70. The van der Waals surface area contributed by atoms with E-state index in [1.54, 1.807) is 11.9 Å². The third-order valence-corrected chi connectivity index (χ3v) is 4.59. The summed E-state index contributed by atoms with van der Waals surface area (Å²) in [6.45, 7) is 3.54. The van der Waals surface area contributed by atoms with Gasteiger partial charge in [0.25, 0.3) is 0 Å². The molecule has 0 saturated carbocycles. The van der Waals surface area contributed by atoms with Crippen LogP contribution >= 0.6 is 12.4 Å². The molecule has 6 nitrogen and oxygen atoms in total. The smallest absolute Gasteiger partial charge is 0.317 e. The Morgan fingerprint density at radius 1 is 1.27 bits per heavy atom. The first-order valence-corrected chi connectivity index (χ1v) is 9.05. The number of amides is 3. The summed E-state index contributed by atoms with van der Waals surface area (Å²) in [7, 11) is 3.71. The van der Waals surface area contributed by atoms with Crippen LogP contribution in [0, 0.1) is 5.92 Å². The first-order valence-electron chi connectivity index (χ1n) is 9.05. The minimum Gasteiger partial charge on any atom is -0.342 e. The van der Waals surface area contributed by atoms with Gasteiger partial charge in [0, 0.05) is 39.6 Å². The summed E-state index contributed by atoms with van der Waals surface area (Å²) >= 11 is 0. The van der Waals surface area contributed by atoms with Crippen molar-refractivity contribution >= 4 is 24.3 Å². The maximum Gasteiger partial charge on any atom is 0.317 e. The van der Waals surface area contributed by atoms with E-state index in [1.165, 1.54) is 6.42 Å². The molecular weight excluding hydrogens is 352 g/mol. The van der Waals surface area contributed by atoms with E-state index in [4.69, 9.17) is 0 Å². The second-order valence-electron chi connectivity index (χ2n) is 6.73. The van der Waals surface area contributed by atoms with Crippen LogP contribution in [0.5, 0.6) is 0 Å². The second-order valence-corrected chi connectivity index (χ2v) is 6.73. The van der Waals surface area contributed by atoms with Crippen LogP contribution in [-0.4, -0.2) is 62.0 Å². The van der Waals surface area contributed by atoms with Crippen LogP contribution in [0.3, 0.4) is 0 Å². The number of hydrogen-bond acceptors (Lipinski definition) is 3. The number of benzene rings is 1. The molecule has 1 aromatic carbocycles. The standard InChI is InChI=1S/C19H30N4O2.ClH/c1-20-13-17-9-6-12-23(15-17)18(24)10-11-21-19(25)22(2)14-16-7-4-3-5-8-16;/h3-5,7-8,17,20H,6,9-15H2,1-2H3,(H,21,25);1H. The molecule has 0 aromatic heterocycles. The van der Waals surface area contributed by atoms with Gasteiger partial charge in [0.15, 0.2) is 0 Å². The average Bonchev–Trinajstić information content (AvgIpc) is 2.63. The lowest BCUT2D eigenvalue weighted by Crippen LogP contribution is -2.44. The zero-order valence-corrected chi connectivity index (χ0v) is 16.6. The van der Waals surface area contributed by atoms with Crippen LogP contribution in [0.4, 0.5) is 4.79 Å². The molecule has 2 N–H and O–H groups in total. The Kier molecular flexibility index (Phi) is 10.1. The third-order valence-electron chi connectivity index (χ3n) is 4.59. The van der Waals surface area contributed by atoms with E-state index in [9.17, 15) is 9.59 Å². The van der Waals surface area contributed by atoms with Crippen molar-refractivity contribution in [3.63, 3.8) is 0 Å². The van der Waals surface area contributed by atoms with Crippen molar-refractivity contribution in [1.82, 2.24) is 20.4 Å². The second kappa shape index (κ2) is 11.8. The van der Waals surface area contributed by atoms with Crippen molar-refractivity contribution in [1.29, 1.82) is 0 Å². The quantitative estimate of drug-likeness (QED) is 0.759. The molecule has 1 aliphatic rings. The Morgan fingerprint density at radius 3 is 2.69 bits per heavy atom. The molecule has 1 saturated heterocycles. The largest absolute Gasteiger partial charge is 0.342 e. The third kappa shape index (κ3) is 7.22. The fraction of sp³-hybridized carbons (Fsp3) is 0.579. The average molecular weight is 383 g/mol. The topological polar surface area (TPSA) is 64.7 Å². The van der Waals surface area contributed by atoms with Crippen LogP contribution in [-0.2, 0) is 11.3 Å². The van der Waals surface area contributed by atoms with Crippen molar-refractivity contribution < 1.29 is 9.59 Å². The van der Waals surface area contributed by atoms with Crippen LogP contribution in [0.15, 0.2) is 30.3 Å². The molecule has 0 radical (unpaired) electrons. The van der Waals surface area contributed by atoms with Gasteiger partial charge in [0.05, 0.1) is 0 Å². The van der Waals surface area contributed by atoms with Gasteiger partial charge in [-0.05, 0) is 37.9 Å². The van der Waals surface area contributed by atoms with E-state index < -0.39 is 0 Å². The Labute approximate surface area is 162 Å². The molecule has 1 aliphatic heterocycles. The Bertz CT molecular complexity index is 554. The van der Waals surface area contributed by atoms with Crippen molar-refractivity contribution in [3.05, 3.63) is 35.9 Å². The van der Waals surface area contributed by atoms with Crippen molar-refractivity contribution in [2.75, 3.05) is 40.3 Å². The molecule has 26 heavy (non-hydrogen) atoms. The summed E-state index contributed by atoms with van der Waals surface area (Å²) in [5.74, 6) is 0.668. The Hall–Kier alpha value is -1.79. The molecule has 0 aliphatic carbocycles. The highest BCUT2D eigenvalue weighted by atomic mass is 35.5. The maximum absolute atomic E-state index is 12.3. The number of piperidine rings is 1. The van der Waals surface area contributed by atoms with E-state index in [-0.39, 0.29) is 24.3 Å². The molecule has 1 atom stereocenters. The van der Waals surface area contributed by atoms with E-state index in [2.05, 4.69) is 10.6 Å². The number of carbonyl (C=O) groups is 2. The number of hydrogen-bond donors (Lipinski definition) is 2. The number of halogens is 1. The molecule has 1 unspecified atom stereocenters. The van der Waals surface area contributed by atoms with Gasteiger partial charge in [-0.1, -0.05) is 30.3 Å². The number of urea groups is 1. The lowest BCUT2D eigenvalue weighted by atomic mass is 9.98. The normalized spacial score (nSPS) is 16.5. The van der Waals surface area contributed by atoms with Gasteiger partial charge >= 0.3 is 6.03 Å². The van der Waals surface area contributed by atoms with Crippen molar-refractivity contribution in [3.8, 4) is 0 Å². The van der Waals surface area contributed by atoms with Gasteiger partial charge in [-0.15, -0.1) is 12.4 Å². The lowest BCUT2D eigenvalue weighted by molar-refractivity contribution is -0.132. The number of nitrogens with zero attached hydrogens (tertiary/aromatic N) is 2. The molecule has 1 fully saturated rings. The summed E-state index contributed by atoms with van der Waals surface area (Å²) in [6.07, 6.45) is 2.59. The van der Waals surface area contributed by atoms with Gasteiger partial charge < -0.3 is 20.4 Å². The predicted molar refractivity (Wildman–Crippen MR) is 106 cm³/mol. The van der Waals surface area contributed by atoms with E-state index in [0.29, 0.717) is 25.4 Å². The van der Waals surface area contributed by atoms with E-state index in [1.807, 2.05) is 42.3 Å². The van der Waals surface area contributed by atoms with Crippen molar-refractivity contribution in [2.45, 2.75) is 25.8 Å². The van der Waals surface area contributed by atoms with Gasteiger partial charge in [0.2, 0.25) is 5.91 Å². The predicted octanol–water partition coefficient (Wildman–Crippen LogP) is 2.10. The van der Waals surface area contributed by atoms with Gasteiger partial charge in [-0.3, -0.25) is 4.79 Å². The summed E-state index contributed by atoms with van der Waals surface area (Å²) in [5, 5.41) is 6.02. The van der Waals surface area contributed by atoms with Crippen LogP contribution < -0.4 is 10.6 Å². The molecule has 0 spiro atoms. The van der Waals surface area contributed by atoms with E-state index >= 15 is 0 Å². The fourth-order valence-corrected chi connectivity index (χ4v) is 3.25. The first-order chi connectivity index (χ1) is 12.1. The summed E-state index contributed by atoms with van der Waals surface area (Å²) in [4.78, 5) is 28.0. The number of nitrogens with one attached hydrogen (secondary N) is 2. The van der Waals surface area contributed by atoms with Crippen LogP contribution in [0.2, 0.25) is 0 Å². The van der Waals surface area contributed by atoms with Crippen LogP contribution in [0.25, 0.3) is 0 Å². The molecule has 146 valence electrons. The number of likely N-dealkylation sites (tertiary alicyclic amines) is 1. The van der Waals surface area contributed by atoms with Gasteiger partial charge in [0.1, 0.15) is 0 Å². The molecular formula is C19H31ClN4O2. The molecule has 3 amide bonds. The Morgan fingerprint density at radius 2 is 2.00 bits per heavy atom. The maximum atomic E-state index is 12.3.